The number of aryl methyl sites for hydroxylation is 2. The molecule has 3 aromatic rings. The van der Waals surface area contributed by atoms with Gasteiger partial charge < -0.3 is 4.98 Å². The minimum atomic E-state index is -3.71. The third-order valence-corrected chi connectivity index (χ3v) is 6.57. The van der Waals surface area contributed by atoms with Crippen LogP contribution in [0.1, 0.15) is 30.5 Å². The highest BCUT2D eigenvalue weighted by Crippen LogP contribution is 2.21. The molecule has 1 N–H and O–H groups in total. The van der Waals surface area contributed by atoms with Crippen LogP contribution in [-0.2, 0) is 16.6 Å². The van der Waals surface area contributed by atoms with Crippen LogP contribution >= 0.6 is 0 Å². The van der Waals surface area contributed by atoms with Gasteiger partial charge in [-0.1, -0.05) is 49.7 Å². The largest absolute Gasteiger partial charge is 0.321 e. The van der Waals surface area contributed by atoms with E-state index in [1.54, 1.807) is 30.3 Å². The van der Waals surface area contributed by atoms with E-state index in [1.807, 2.05) is 45.9 Å². The summed E-state index contributed by atoms with van der Waals surface area (Å²) in [4.78, 5) is 15.8. The molecule has 3 rings (SSSR count). The van der Waals surface area contributed by atoms with Crippen LogP contribution in [-0.4, -0.2) is 24.3 Å². The first kappa shape index (κ1) is 20.3. The summed E-state index contributed by atoms with van der Waals surface area (Å²) in [5, 5.41) is 0.895. The summed E-state index contributed by atoms with van der Waals surface area (Å²) in [7, 11) is -3.71. The molecule has 6 heteroatoms. The highest BCUT2D eigenvalue weighted by atomic mass is 32.2. The summed E-state index contributed by atoms with van der Waals surface area (Å²) in [6, 6.07) is 14.4. The lowest BCUT2D eigenvalue weighted by molar-refractivity contribution is 0.361. The monoisotopic (exact) mass is 398 g/mol. The second-order valence-electron chi connectivity index (χ2n) is 7.67. The number of H-pyrrole nitrogens is 1. The molecule has 0 atom stereocenters. The number of benzene rings is 2. The Bertz CT molecular complexity index is 1150. The number of hydrogen-bond donors (Lipinski definition) is 1. The Morgan fingerprint density at radius 1 is 1.04 bits per heavy atom. The minimum Gasteiger partial charge on any atom is -0.321 e. The highest BCUT2D eigenvalue weighted by Gasteiger charge is 2.26. The van der Waals surface area contributed by atoms with Gasteiger partial charge in [0.1, 0.15) is 0 Å². The Kier molecular flexibility index (Phi) is 5.72. The predicted molar refractivity (Wildman–Crippen MR) is 113 cm³/mol. The molecule has 148 valence electrons. The van der Waals surface area contributed by atoms with Crippen LogP contribution in [0.2, 0.25) is 0 Å². The van der Waals surface area contributed by atoms with Crippen molar-refractivity contribution >= 4 is 20.9 Å². The first-order chi connectivity index (χ1) is 13.2. The molecule has 0 amide bonds. The second kappa shape index (κ2) is 7.89. The standard InChI is InChI=1S/C22H26N2O3S/c1-15(2)13-24(28(26,27)20-10-8-16(3)9-11-20)14-19-12-18-7-5-6-17(4)21(18)23-22(19)25/h5-12,15H,13-14H2,1-4H3,(H,23,25). The molecule has 0 aliphatic heterocycles. The number of nitrogens with zero attached hydrogens (tertiary/aromatic N) is 1. The van der Waals surface area contributed by atoms with Crippen molar-refractivity contribution in [1.82, 2.24) is 9.29 Å². The fourth-order valence-electron chi connectivity index (χ4n) is 3.25. The zero-order valence-electron chi connectivity index (χ0n) is 16.7. The molecule has 0 unspecified atom stereocenters. The lowest BCUT2D eigenvalue weighted by Crippen LogP contribution is -2.35. The third-order valence-electron chi connectivity index (χ3n) is 4.74. The second-order valence-corrected chi connectivity index (χ2v) is 9.61. The van der Waals surface area contributed by atoms with Gasteiger partial charge in [-0.25, -0.2) is 8.42 Å². The van der Waals surface area contributed by atoms with Gasteiger partial charge in [0.05, 0.1) is 10.4 Å². The lowest BCUT2D eigenvalue weighted by Gasteiger charge is -2.24. The molecular weight excluding hydrogens is 372 g/mol. The van der Waals surface area contributed by atoms with Crippen molar-refractivity contribution in [3.63, 3.8) is 0 Å². The van der Waals surface area contributed by atoms with Crippen molar-refractivity contribution in [2.75, 3.05) is 6.54 Å². The highest BCUT2D eigenvalue weighted by molar-refractivity contribution is 7.89. The van der Waals surface area contributed by atoms with Gasteiger partial charge in [-0.05, 0) is 48.9 Å². The molecule has 1 aromatic heterocycles. The summed E-state index contributed by atoms with van der Waals surface area (Å²) in [6.07, 6.45) is 0. The molecule has 0 aliphatic carbocycles. The first-order valence-corrected chi connectivity index (χ1v) is 10.8. The van der Waals surface area contributed by atoms with Gasteiger partial charge in [-0.2, -0.15) is 4.31 Å². The molecule has 0 saturated heterocycles. The van der Waals surface area contributed by atoms with E-state index in [0.717, 1.165) is 22.0 Å². The van der Waals surface area contributed by atoms with E-state index in [4.69, 9.17) is 0 Å². The fourth-order valence-corrected chi connectivity index (χ4v) is 4.83. The van der Waals surface area contributed by atoms with Crippen molar-refractivity contribution in [1.29, 1.82) is 0 Å². The number of aromatic amines is 1. The van der Waals surface area contributed by atoms with Crippen molar-refractivity contribution in [2.24, 2.45) is 5.92 Å². The summed E-state index contributed by atoms with van der Waals surface area (Å²) in [5.41, 5.74) is 2.94. The fraction of sp³-hybridized carbons (Fsp3) is 0.318. The van der Waals surface area contributed by atoms with Gasteiger partial charge in [-0.3, -0.25) is 4.79 Å². The lowest BCUT2D eigenvalue weighted by atomic mass is 10.1. The van der Waals surface area contributed by atoms with Gasteiger partial charge in [0.2, 0.25) is 10.0 Å². The number of aromatic nitrogens is 1. The van der Waals surface area contributed by atoms with Crippen LogP contribution in [0.25, 0.3) is 10.9 Å². The number of para-hydroxylation sites is 1. The van der Waals surface area contributed by atoms with Crippen LogP contribution in [0.3, 0.4) is 0 Å². The SMILES string of the molecule is Cc1ccc(S(=O)(=O)N(Cc2cc3cccc(C)c3[nH]c2=O)CC(C)C)cc1. The Morgan fingerprint density at radius 3 is 2.36 bits per heavy atom. The van der Waals surface area contributed by atoms with E-state index in [0.29, 0.717) is 12.1 Å². The van der Waals surface area contributed by atoms with Gasteiger partial charge in [0, 0.05) is 18.7 Å². The summed E-state index contributed by atoms with van der Waals surface area (Å²) >= 11 is 0. The summed E-state index contributed by atoms with van der Waals surface area (Å²) in [5.74, 6) is 0.127. The van der Waals surface area contributed by atoms with E-state index in [2.05, 4.69) is 4.98 Å². The number of sulfonamides is 1. The number of hydrogen-bond acceptors (Lipinski definition) is 3. The van der Waals surface area contributed by atoms with Crippen LogP contribution in [0.4, 0.5) is 0 Å². The van der Waals surface area contributed by atoms with Crippen molar-refractivity contribution in [3.05, 3.63) is 75.6 Å². The van der Waals surface area contributed by atoms with Crippen LogP contribution in [0, 0.1) is 19.8 Å². The zero-order chi connectivity index (χ0) is 20.5. The van der Waals surface area contributed by atoms with Gasteiger partial charge in [-0.15, -0.1) is 0 Å². The van der Waals surface area contributed by atoms with E-state index >= 15 is 0 Å². The zero-order valence-corrected chi connectivity index (χ0v) is 17.5. The van der Waals surface area contributed by atoms with E-state index in [1.165, 1.54) is 4.31 Å². The topological polar surface area (TPSA) is 70.2 Å². The summed E-state index contributed by atoms with van der Waals surface area (Å²) in [6.45, 7) is 8.15. The van der Waals surface area contributed by atoms with Crippen molar-refractivity contribution in [3.8, 4) is 0 Å². The normalized spacial score (nSPS) is 12.2. The molecule has 2 aromatic carbocycles. The number of rotatable bonds is 6. The van der Waals surface area contributed by atoms with Crippen molar-refractivity contribution in [2.45, 2.75) is 39.1 Å². The molecule has 0 radical (unpaired) electrons. The number of fused-ring (bicyclic) bond motifs is 1. The Hall–Kier alpha value is -2.44. The van der Waals surface area contributed by atoms with E-state index in [-0.39, 0.29) is 22.9 Å². The smallest absolute Gasteiger partial charge is 0.252 e. The average Bonchev–Trinajstić information content (AvgIpc) is 2.62. The number of nitrogens with one attached hydrogen (secondary N) is 1. The third kappa shape index (κ3) is 4.18. The van der Waals surface area contributed by atoms with Crippen molar-refractivity contribution < 1.29 is 8.42 Å². The first-order valence-electron chi connectivity index (χ1n) is 9.37. The number of pyridine rings is 1. The molecule has 28 heavy (non-hydrogen) atoms. The molecule has 0 bridgehead atoms. The Balaban J connectivity index is 2.04. The summed E-state index contributed by atoms with van der Waals surface area (Å²) < 4.78 is 27.8. The molecular formula is C22H26N2O3S. The van der Waals surface area contributed by atoms with Crippen LogP contribution < -0.4 is 5.56 Å². The maximum absolute atomic E-state index is 13.2. The molecule has 0 fully saturated rings. The van der Waals surface area contributed by atoms with Crippen LogP contribution in [0.15, 0.2) is 58.2 Å². The van der Waals surface area contributed by atoms with Gasteiger partial charge >= 0.3 is 0 Å². The average molecular weight is 399 g/mol. The maximum Gasteiger partial charge on any atom is 0.252 e. The van der Waals surface area contributed by atoms with Crippen LogP contribution in [0.5, 0.6) is 0 Å². The quantitative estimate of drug-likeness (QED) is 0.682. The molecule has 1 heterocycles. The molecule has 0 saturated carbocycles. The Labute approximate surface area is 166 Å². The minimum absolute atomic E-state index is 0.0353. The molecule has 0 aliphatic rings. The van der Waals surface area contributed by atoms with E-state index < -0.39 is 10.0 Å². The van der Waals surface area contributed by atoms with Gasteiger partial charge in [0.15, 0.2) is 0 Å². The molecule has 0 spiro atoms. The Morgan fingerprint density at radius 2 is 1.71 bits per heavy atom. The predicted octanol–water partition coefficient (Wildman–Crippen LogP) is 3.99. The van der Waals surface area contributed by atoms with E-state index in [9.17, 15) is 13.2 Å². The molecule has 5 nitrogen and oxygen atoms in total. The van der Waals surface area contributed by atoms with Gasteiger partial charge in [0.25, 0.3) is 5.56 Å². The maximum atomic E-state index is 13.2.